The van der Waals surface area contributed by atoms with Gasteiger partial charge in [-0.05, 0) is 45.4 Å². The Morgan fingerprint density at radius 3 is 3.19 bits per heavy atom. The van der Waals surface area contributed by atoms with Crippen LogP contribution in [0.2, 0.25) is 0 Å². The second kappa shape index (κ2) is 6.49. The molecule has 0 N–H and O–H groups in total. The fourth-order valence-electron chi connectivity index (χ4n) is 4.05. The van der Waals surface area contributed by atoms with Gasteiger partial charge in [0.15, 0.2) is 0 Å². The molecule has 0 aromatic heterocycles. The van der Waals surface area contributed by atoms with E-state index in [1.807, 2.05) is 6.92 Å². The molecule has 0 aromatic rings. The number of carbonyl (C=O) groups is 1. The number of hydrogen-bond acceptors (Lipinski definition) is 3. The first-order valence-corrected chi connectivity index (χ1v) is 8.43. The second-order valence-electron chi connectivity index (χ2n) is 6.60. The maximum Gasteiger partial charge on any atom is 0.249 e. The number of carbonyl (C=O) groups excluding carboxylic acids is 1. The van der Waals surface area contributed by atoms with Crippen molar-refractivity contribution >= 4 is 5.91 Å². The molecule has 4 heteroatoms. The highest BCUT2D eigenvalue weighted by atomic mass is 16.5. The van der Waals surface area contributed by atoms with E-state index in [0.29, 0.717) is 0 Å². The van der Waals surface area contributed by atoms with Crippen molar-refractivity contribution < 1.29 is 14.3 Å². The Morgan fingerprint density at radius 1 is 1.52 bits per heavy atom. The van der Waals surface area contributed by atoms with E-state index >= 15 is 0 Å². The molecule has 3 rings (SSSR count). The monoisotopic (exact) mass is 293 g/mol. The van der Waals surface area contributed by atoms with E-state index in [1.165, 1.54) is 0 Å². The van der Waals surface area contributed by atoms with Crippen LogP contribution in [0, 0.1) is 5.41 Å². The van der Waals surface area contributed by atoms with E-state index < -0.39 is 0 Å². The van der Waals surface area contributed by atoms with Crippen molar-refractivity contribution in [3.05, 3.63) is 11.6 Å². The maximum atomic E-state index is 12.7. The molecule has 2 saturated heterocycles. The standard InChI is InChI=1S/C17H27NO3/c1-2-20-13-17-9-5-11-21-15(17)8-10-18(12-17)16(19)14-6-3-4-7-14/h6,15H,2-5,7-13H2,1H3/t15-,17+/m0/s1. The minimum Gasteiger partial charge on any atom is -0.381 e. The van der Waals surface area contributed by atoms with Crippen molar-refractivity contribution in [2.45, 2.75) is 51.6 Å². The van der Waals surface area contributed by atoms with E-state index in [9.17, 15) is 4.79 Å². The lowest BCUT2D eigenvalue weighted by Gasteiger charge is -2.50. The summed E-state index contributed by atoms with van der Waals surface area (Å²) in [6.07, 6.45) is 8.67. The minimum atomic E-state index is 0.0152. The summed E-state index contributed by atoms with van der Waals surface area (Å²) in [5.74, 6) is 0.257. The Morgan fingerprint density at radius 2 is 2.43 bits per heavy atom. The lowest BCUT2D eigenvalue weighted by atomic mass is 9.73. The third kappa shape index (κ3) is 3.02. The predicted octanol–water partition coefficient (Wildman–Crippen LogP) is 2.53. The minimum absolute atomic E-state index is 0.0152. The second-order valence-corrected chi connectivity index (χ2v) is 6.60. The normalized spacial score (nSPS) is 32.7. The van der Waals surface area contributed by atoms with Crippen LogP contribution in [0.1, 0.15) is 45.4 Å². The number of rotatable bonds is 4. The molecule has 2 heterocycles. The van der Waals surface area contributed by atoms with Crippen molar-refractivity contribution in [1.82, 2.24) is 4.90 Å². The largest absolute Gasteiger partial charge is 0.381 e. The molecule has 0 aromatic carbocycles. The summed E-state index contributed by atoms with van der Waals surface area (Å²) in [6, 6.07) is 0. The van der Waals surface area contributed by atoms with Crippen molar-refractivity contribution in [3.63, 3.8) is 0 Å². The molecule has 0 bridgehead atoms. The summed E-state index contributed by atoms with van der Waals surface area (Å²) in [5, 5.41) is 0. The van der Waals surface area contributed by atoms with Crippen LogP contribution in [0.15, 0.2) is 11.6 Å². The van der Waals surface area contributed by atoms with Gasteiger partial charge >= 0.3 is 0 Å². The van der Waals surface area contributed by atoms with Crippen molar-refractivity contribution in [2.24, 2.45) is 5.41 Å². The molecule has 21 heavy (non-hydrogen) atoms. The van der Waals surface area contributed by atoms with Gasteiger partial charge in [-0.1, -0.05) is 6.08 Å². The van der Waals surface area contributed by atoms with Crippen LogP contribution in [0.5, 0.6) is 0 Å². The van der Waals surface area contributed by atoms with Gasteiger partial charge in [-0.15, -0.1) is 0 Å². The molecule has 1 amide bonds. The van der Waals surface area contributed by atoms with Gasteiger partial charge in [0.2, 0.25) is 5.91 Å². The first-order chi connectivity index (χ1) is 10.2. The molecule has 118 valence electrons. The van der Waals surface area contributed by atoms with E-state index in [1.54, 1.807) is 0 Å². The van der Waals surface area contributed by atoms with Crippen molar-refractivity contribution in [2.75, 3.05) is 32.9 Å². The summed E-state index contributed by atoms with van der Waals surface area (Å²) in [6.45, 7) is 5.97. The van der Waals surface area contributed by atoms with E-state index in [4.69, 9.17) is 9.47 Å². The third-order valence-electron chi connectivity index (χ3n) is 5.18. The Kier molecular flexibility index (Phi) is 4.65. The fourth-order valence-corrected chi connectivity index (χ4v) is 4.05. The van der Waals surface area contributed by atoms with Crippen LogP contribution >= 0.6 is 0 Å². The molecular formula is C17H27NO3. The molecule has 2 fully saturated rings. The van der Waals surface area contributed by atoms with E-state index in [2.05, 4.69) is 11.0 Å². The van der Waals surface area contributed by atoms with Crippen LogP contribution < -0.4 is 0 Å². The van der Waals surface area contributed by atoms with Crippen molar-refractivity contribution in [3.8, 4) is 0 Å². The molecule has 0 radical (unpaired) electrons. The fraction of sp³-hybridized carbons (Fsp3) is 0.824. The molecule has 1 aliphatic carbocycles. The molecule has 3 aliphatic rings. The molecule has 2 aliphatic heterocycles. The lowest BCUT2D eigenvalue weighted by molar-refractivity contribution is -0.162. The van der Waals surface area contributed by atoms with Gasteiger partial charge in [-0.2, -0.15) is 0 Å². The third-order valence-corrected chi connectivity index (χ3v) is 5.18. The van der Waals surface area contributed by atoms with Gasteiger partial charge in [0.25, 0.3) is 0 Å². The number of ether oxygens (including phenoxy) is 2. The van der Waals surface area contributed by atoms with Crippen LogP contribution in [0.4, 0.5) is 0 Å². The van der Waals surface area contributed by atoms with Gasteiger partial charge in [0, 0.05) is 37.3 Å². The zero-order chi connectivity index (χ0) is 14.7. The van der Waals surface area contributed by atoms with Crippen LogP contribution in [-0.4, -0.2) is 49.8 Å². The Hall–Kier alpha value is -0.870. The van der Waals surface area contributed by atoms with Gasteiger partial charge < -0.3 is 14.4 Å². The van der Waals surface area contributed by atoms with Crippen LogP contribution in [-0.2, 0) is 14.3 Å². The summed E-state index contributed by atoms with van der Waals surface area (Å²) in [4.78, 5) is 14.7. The number of piperidine rings is 1. The summed E-state index contributed by atoms with van der Waals surface area (Å²) in [5.41, 5.74) is 1.04. The van der Waals surface area contributed by atoms with E-state index in [0.717, 1.165) is 77.0 Å². The molecule has 0 unspecified atom stereocenters. The Labute approximate surface area is 127 Å². The highest BCUT2D eigenvalue weighted by molar-refractivity contribution is 5.93. The number of amides is 1. The highest BCUT2D eigenvalue weighted by Crippen LogP contribution is 2.41. The SMILES string of the molecule is CCOC[C@]12CCCO[C@H]1CCN(C(=O)C1=CCCC1)C2. The molecule has 2 atom stereocenters. The number of likely N-dealkylation sites (tertiary alicyclic amines) is 1. The topological polar surface area (TPSA) is 38.8 Å². The zero-order valence-electron chi connectivity index (χ0n) is 13.1. The lowest BCUT2D eigenvalue weighted by Crippen LogP contribution is -2.58. The number of fused-ring (bicyclic) bond motifs is 1. The van der Waals surface area contributed by atoms with Gasteiger partial charge in [0.1, 0.15) is 0 Å². The predicted molar refractivity (Wildman–Crippen MR) is 81.0 cm³/mol. The average Bonchev–Trinajstić information content (AvgIpc) is 3.06. The van der Waals surface area contributed by atoms with Crippen LogP contribution in [0.3, 0.4) is 0 Å². The van der Waals surface area contributed by atoms with E-state index in [-0.39, 0.29) is 17.4 Å². The highest BCUT2D eigenvalue weighted by Gasteiger charge is 2.47. The number of hydrogen-bond donors (Lipinski definition) is 0. The average molecular weight is 293 g/mol. The molecule has 0 saturated carbocycles. The number of allylic oxidation sites excluding steroid dienone is 1. The molecular weight excluding hydrogens is 266 g/mol. The maximum absolute atomic E-state index is 12.7. The quantitative estimate of drug-likeness (QED) is 0.799. The van der Waals surface area contributed by atoms with Gasteiger partial charge in [0.05, 0.1) is 12.7 Å². The van der Waals surface area contributed by atoms with Crippen LogP contribution in [0.25, 0.3) is 0 Å². The Bertz CT molecular complexity index is 420. The first-order valence-electron chi connectivity index (χ1n) is 8.43. The first kappa shape index (κ1) is 15.0. The molecule has 4 nitrogen and oxygen atoms in total. The number of nitrogens with zero attached hydrogens (tertiary/aromatic N) is 1. The molecule has 0 spiro atoms. The van der Waals surface area contributed by atoms with Gasteiger partial charge in [-0.3, -0.25) is 4.79 Å². The van der Waals surface area contributed by atoms with Crippen molar-refractivity contribution in [1.29, 1.82) is 0 Å². The summed E-state index contributed by atoms with van der Waals surface area (Å²) in [7, 11) is 0. The van der Waals surface area contributed by atoms with Gasteiger partial charge in [-0.25, -0.2) is 0 Å². The zero-order valence-corrected chi connectivity index (χ0v) is 13.1. The summed E-state index contributed by atoms with van der Waals surface area (Å²) < 4.78 is 11.8. The summed E-state index contributed by atoms with van der Waals surface area (Å²) >= 11 is 0. The Balaban J connectivity index is 1.72. The smallest absolute Gasteiger partial charge is 0.249 e.